The predicted molar refractivity (Wildman–Crippen MR) is 284 cm³/mol. The minimum Gasteiger partial charge on any atom is -0.297 e. The first-order valence-electron chi connectivity index (χ1n) is 24.5. The molecule has 0 N–H and O–H groups in total. The summed E-state index contributed by atoms with van der Waals surface area (Å²) in [6.45, 7) is 41.5. The SMILES string of the molecule is CCP=c1n(-c2c(C(C)C)cccc2C(C)C)ccn1-c1c(C(C)C)cccc1C(C)C.CCP=c1n(-c2c(C(C)C)cccc2C(C)C)ccn1-c1c(C(C)C)cccc1C(C)C. The minimum atomic E-state index is 0.472. The molecule has 2 heterocycles. The maximum Gasteiger partial charge on any atom is 0.145 e. The summed E-state index contributed by atoms with van der Waals surface area (Å²) >= 11 is 0. The third kappa shape index (κ3) is 10.8. The lowest BCUT2D eigenvalue weighted by molar-refractivity contribution is 0.784. The van der Waals surface area contributed by atoms with Crippen LogP contribution in [0.25, 0.3) is 22.7 Å². The van der Waals surface area contributed by atoms with E-state index < -0.39 is 0 Å². The van der Waals surface area contributed by atoms with Crippen LogP contribution in [0.2, 0.25) is 0 Å². The van der Waals surface area contributed by atoms with Crippen LogP contribution in [-0.2, 0) is 0 Å². The second-order valence-corrected chi connectivity index (χ2v) is 22.7. The van der Waals surface area contributed by atoms with Crippen molar-refractivity contribution in [2.24, 2.45) is 0 Å². The molecule has 0 unspecified atom stereocenters. The Bertz CT molecular complexity index is 2160. The summed E-state index contributed by atoms with van der Waals surface area (Å²) in [4.78, 5) is 0. The quantitative estimate of drug-likeness (QED) is 0.0971. The minimum absolute atomic E-state index is 0.472. The third-order valence-electron chi connectivity index (χ3n) is 12.5. The van der Waals surface area contributed by atoms with Crippen LogP contribution in [0.3, 0.4) is 0 Å². The summed E-state index contributed by atoms with van der Waals surface area (Å²) in [6, 6.07) is 27.4. The first kappa shape index (κ1) is 50.9. The highest BCUT2D eigenvalue weighted by atomic mass is 31.1. The van der Waals surface area contributed by atoms with Gasteiger partial charge in [0.1, 0.15) is 10.4 Å². The highest BCUT2D eigenvalue weighted by molar-refractivity contribution is 7.29. The van der Waals surface area contributed by atoms with Crippen molar-refractivity contribution < 1.29 is 0 Å². The van der Waals surface area contributed by atoms with Crippen LogP contribution in [0.1, 0.15) is 216 Å². The molecule has 4 aromatic carbocycles. The molecule has 6 aromatic rings. The molecule has 64 heavy (non-hydrogen) atoms. The molecular formula is C58H82N4P2. The van der Waals surface area contributed by atoms with E-state index >= 15 is 0 Å². The number of rotatable bonds is 14. The Balaban J connectivity index is 0.000000241. The second-order valence-electron chi connectivity index (χ2n) is 20.0. The maximum absolute atomic E-state index is 2.48. The summed E-state index contributed by atoms with van der Waals surface area (Å²) in [5.41, 5.74) is 16.9. The standard InChI is InChI=1S/2C29H41N2P/c2*1-10-32-29-30(27-23(19(2)3)13-11-14-24(27)20(4)5)17-18-31(29)28-25(21(6)7)15-12-16-26(28)22(8)9/h2*11-22H,10H2,1-9H3. The molecule has 0 fully saturated rings. The number of benzene rings is 4. The summed E-state index contributed by atoms with van der Waals surface area (Å²) in [5.74, 6) is 3.78. The van der Waals surface area contributed by atoms with Gasteiger partial charge >= 0.3 is 0 Å². The Hall–Kier alpha value is -4.10. The fourth-order valence-electron chi connectivity index (χ4n) is 9.21. The van der Waals surface area contributed by atoms with Gasteiger partial charge in [0, 0.05) is 24.8 Å². The van der Waals surface area contributed by atoms with Crippen LogP contribution in [-0.4, -0.2) is 30.6 Å². The van der Waals surface area contributed by atoms with Crippen molar-refractivity contribution >= 4 is 16.4 Å². The van der Waals surface area contributed by atoms with Crippen molar-refractivity contribution in [1.82, 2.24) is 18.3 Å². The van der Waals surface area contributed by atoms with Crippen LogP contribution < -0.4 is 0 Å². The van der Waals surface area contributed by atoms with Crippen molar-refractivity contribution in [3.8, 4) is 22.7 Å². The van der Waals surface area contributed by atoms with Gasteiger partial charge in [0.2, 0.25) is 0 Å². The molecule has 0 aliphatic heterocycles. The van der Waals surface area contributed by atoms with E-state index in [0.29, 0.717) is 47.3 Å². The molecule has 6 heteroatoms. The lowest BCUT2D eigenvalue weighted by Gasteiger charge is -2.22. The van der Waals surface area contributed by atoms with Gasteiger partial charge in [-0.1, -0.05) is 214 Å². The fourth-order valence-corrected chi connectivity index (χ4v) is 11.1. The van der Waals surface area contributed by atoms with Gasteiger partial charge in [-0.15, -0.1) is 0 Å². The predicted octanol–water partition coefficient (Wildman–Crippen LogP) is 18.5. The molecule has 0 spiro atoms. The number of nitrogens with zero attached hydrogens (tertiary/aromatic N) is 4. The van der Waals surface area contributed by atoms with Crippen molar-refractivity contribution in [3.63, 3.8) is 0 Å². The van der Waals surface area contributed by atoms with Crippen molar-refractivity contribution in [3.05, 3.63) is 152 Å². The first-order chi connectivity index (χ1) is 30.4. The number of hydrogen-bond donors (Lipinski definition) is 0. The molecule has 2 aromatic heterocycles. The van der Waals surface area contributed by atoms with Gasteiger partial charge in [-0.3, -0.25) is 18.3 Å². The molecule has 0 saturated carbocycles. The average Bonchev–Trinajstić information content (AvgIpc) is 3.86. The monoisotopic (exact) mass is 897 g/mol. The van der Waals surface area contributed by atoms with E-state index in [-0.39, 0.29) is 0 Å². The highest BCUT2D eigenvalue weighted by Crippen LogP contribution is 2.38. The number of aromatic nitrogens is 4. The molecule has 0 saturated heterocycles. The molecular weight excluding hydrogens is 815 g/mol. The summed E-state index contributed by atoms with van der Waals surface area (Å²) < 4.78 is 9.93. The van der Waals surface area contributed by atoms with E-state index in [0.717, 1.165) is 12.3 Å². The average molecular weight is 897 g/mol. The Labute approximate surface area is 392 Å². The molecule has 344 valence electrons. The fraction of sp³-hybridized carbons (Fsp3) is 0.483. The largest absolute Gasteiger partial charge is 0.297 e. The Morgan fingerprint density at radius 1 is 0.297 bits per heavy atom. The normalized spacial score (nSPS) is 12.2. The second kappa shape index (κ2) is 22.4. The van der Waals surface area contributed by atoms with E-state index in [9.17, 15) is 0 Å². The van der Waals surface area contributed by atoms with Crippen molar-refractivity contribution in [2.75, 3.05) is 12.3 Å². The van der Waals surface area contributed by atoms with Crippen LogP contribution in [0.4, 0.5) is 0 Å². The Morgan fingerprint density at radius 3 is 0.578 bits per heavy atom. The lowest BCUT2D eigenvalue weighted by atomic mass is 9.92. The van der Waals surface area contributed by atoms with Gasteiger partial charge in [0.05, 0.1) is 22.7 Å². The van der Waals surface area contributed by atoms with E-state index in [1.807, 2.05) is 0 Å². The molecule has 0 atom stereocenters. The smallest absolute Gasteiger partial charge is 0.145 e. The number of hydrogen-bond acceptors (Lipinski definition) is 0. The summed E-state index contributed by atoms with van der Waals surface area (Å²) in [6.07, 6.45) is 11.4. The van der Waals surface area contributed by atoms with Gasteiger partial charge in [-0.2, -0.15) is 0 Å². The van der Waals surface area contributed by atoms with Crippen LogP contribution in [0.5, 0.6) is 0 Å². The molecule has 4 nitrogen and oxygen atoms in total. The van der Waals surface area contributed by atoms with Crippen LogP contribution in [0, 0.1) is 10.4 Å². The molecule has 0 radical (unpaired) electrons. The van der Waals surface area contributed by atoms with Crippen LogP contribution >= 0.6 is 16.4 Å². The van der Waals surface area contributed by atoms with E-state index in [2.05, 4.69) is 240 Å². The zero-order valence-corrected chi connectivity index (χ0v) is 44.7. The Morgan fingerprint density at radius 2 is 0.453 bits per heavy atom. The maximum atomic E-state index is 2.48. The Kier molecular flexibility index (Phi) is 17.8. The summed E-state index contributed by atoms with van der Waals surface area (Å²) in [5, 5.41) is 2.69. The summed E-state index contributed by atoms with van der Waals surface area (Å²) in [7, 11) is 2.68. The van der Waals surface area contributed by atoms with E-state index in [1.54, 1.807) is 0 Å². The first-order valence-corrected chi connectivity index (χ1v) is 26.7. The van der Waals surface area contributed by atoms with Gasteiger partial charge in [-0.05, 0) is 104 Å². The van der Waals surface area contributed by atoms with Crippen molar-refractivity contribution in [2.45, 2.75) is 172 Å². The number of para-hydroxylation sites is 4. The topological polar surface area (TPSA) is 19.7 Å². The van der Waals surface area contributed by atoms with Gasteiger partial charge in [-0.25, -0.2) is 0 Å². The van der Waals surface area contributed by atoms with E-state index in [4.69, 9.17) is 0 Å². The third-order valence-corrected chi connectivity index (χ3v) is 14.6. The molecule has 6 rings (SSSR count). The van der Waals surface area contributed by atoms with E-state index in [1.165, 1.54) is 94.1 Å². The highest BCUT2D eigenvalue weighted by Gasteiger charge is 2.23. The van der Waals surface area contributed by atoms with Crippen molar-refractivity contribution in [1.29, 1.82) is 0 Å². The molecule has 0 aliphatic carbocycles. The van der Waals surface area contributed by atoms with Gasteiger partial charge < -0.3 is 0 Å². The molecule has 0 aliphatic rings. The van der Waals surface area contributed by atoms with Crippen LogP contribution in [0.15, 0.2) is 97.6 Å². The van der Waals surface area contributed by atoms with Gasteiger partial charge in [0.15, 0.2) is 0 Å². The molecule has 0 amide bonds. The lowest BCUT2D eigenvalue weighted by Crippen LogP contribution is -2.10. The zero-order chi connectivity index (χ0) is 47.2. The zero-order valence-electron chi connectivity index (χ0n) is 43.0. The number of imidazole rings is 2. The molecule has 0 bridgehead atoms. The van der Waals surface area contributed by atoms with Gasteiger partial charge in [0.25, 0.3) is 0 Å².